The second-order valence-electron chi connectivity index (χ2n) is 6.74. The number of rotatable bonds is 4. The molecule has 0 aliphatic heterocycles. The Morgan fingerprint density at radius 2 is 1.81 bits per heavy atom. The van der Waals surface area contributed by atoms with Crippen molar-refractivity contribution in [3.8, 4) is 0 Å². The van der Waals surface area contributed by atoms with Crippen molar-refractivity contribution in [2.75, 3.05) is 5.32 Å². The molecule has 0 bridgehead atoms. The van der Waals surface area contributed by atoms with Gasteiger partial charge in [0.15, 0.2) is 0 Å². The predicted molar refractivity (Wildman–Crippen MR) is 107 cm³/mol. The molecule has 0 aliphatic carbocycles. The molecule has 0 spiro atoms. The molecule has 0 saturated carbocycles. The van der Waals surface area contributed by atoms with E-state index in [1.807, 2.05) is 20.8 Å². The van der Waals surface area contributed by atoms with Crippen LogP contribution in [-0.4, -0.2) is 10.9 Å². The van der Waals surface area contributed by atoms with E-state index in [1.165, 1.54) is 17.4 Å². The topological polar surface area (TPSA) is 68.0 Å². The van der Waals surface area contributed by atoms with Crippen LogP contribution in [-0.2, 0) is 29.4 Å². The minimum Gasteiger partial charge on any atom is -0.326 e. The van der Waals surface area contributed by atoms with E-state index in [2.05, 4.69) is 10.3 Å². The third-order valence-electron chi connectivity index (χ3n) is 3.37. The number of carbonyl (C=O) groups is 1. The number of aromatic nitrogens is 1. The first-order chi connectivity index (χ1) is 11.5. The highest BCUT2D eigenvalue weighted by molar-refractivity contribution is 7.09. The van der Waals surface area contributed by atoms with Gasteiger partial charge in [0.1, 0.15) is 0 Å². The minimum atomic E-state index is -4.50. The van der Waals surface area contributed by atoms with Gasteiger partial charge in [-0.1, -0.05) is 20.8 Å². The zero-order valence-corrected chi connectivity index (χ0v) is 17.5. The van der Waals surface area contributed by atoms with Crippen LogP contribution in [0.2, 0.25) is 0 Å². The summed E-state index contributed by atoms with van der Waals surface area (Å²) in [5.41, 5.74) is 5.46. The summed E-state index contributed by atoms with van der Waals surface area (Å²) in [5, 5.41) is 5.19. The van der Waals surface area contributed by atoms with Crippen molar-refractivity contribution < 1.29 is 18.0 Å². The van der Waals surface area contributed by atoms with Crippen molar-refractivity contribution in [3.63, 3.8) is 0 Å². The lowest BCUT2D eigenvalue weighted by molar-refractivity contribution is -0.137. The molecule has 1 aromatic carbocycles. The summed E-state index contributed by atoms with van der Waals surface area (Å²) >= 11 is 1.46. The molecule has 0 saturated heterocycles. The normalized spacial score (nSPS) is 11.4. The van der Waals surface area contributed by atoms with Gasteiger partial charge in [-0.2, -0.15) is 13.2 Å². The molecule has 152 valence electrons. The fourth-order valence-electron chi connectivity index (χ4n) is 2.15. The highest BCUT2D eigenvalue weighted by Gasteiger charge is 2.31. The molecule has 0 atom stereocenters. The second kappa shape index (κ2) is 9.73. The number of halogens is 5. The van der Waals surface area contributed by atoms with Gasteiger partial charge in [-0.05, 0) is 23.8 Å². The van der Waals surface area contributed by atoms with E-state index in [-0.39, 0.29) is 48.9 Å². The summed E-state index contributed by atoms with van der Waals surface area (Å²) in [7, 11) is 0. The molecule has 1 heterocycles. The first kappa shape index (κ1) is 25.6. The molecule has 27 heavy (non-hydrogen) atoms. The van der Waals surface area contributed by atoms with Crippen LogP contribution in [0.1, 0.15) is 42.6 Å². The van der Waals surface area contributed by atoms with Crippen LogP contribution in [0.5, 0.6) is 0 Å². The summed E-state index contributed by atoms with van der Waals surface area (Å²) in [6.45, 7) is 6.01. The molecule has 0 aliphatic rings. The average molecular weight is 444 g/mol. The molecule has 0 fully saturated rings. The van der Waals surface area contributed by atoms with E-state index < -0.39 is 17.6 Å². The quantitative estimate of drug-likeness (QED) is 0.702. The maximum Gasteiger partial charge on any atom is 0.416 e. The Morgan fingerprint density at radius 1 is 1.19 bits per heavy atom. The molecule has 1 amide bonds. The van der Waals surface area contributed by atoms with Crippen LogP contribution < -0.4 is 11.1 Å². The molecule has 10 heteroatoms. The standard InChI is InChI=1S/C17H20F3N3OS.2ClH/c1-16(2,3)15-23-13(9-25-15)7-14(24)22-12-5-10(8-21)4-11(6-12)17(18,19)20;;/h4-6,9H,7-8,21H2,1-3H3,(H,22,24);2*1H. The first-order valence-corrected chi connectivity index (χ1v) is 8.53. The van der Waals surface area contributed by atoms with Crippen LogP contribution in [0.3, 0.4) is 0 Å². The number of nitrogens with two attached hydrogens (primary N) is 1. The smallest absolute Gasteiger partial charge is 0.326 e. The monoisotopic (exact) mass is 443 g/mol. The minimum absolute atomic E-state index is 0. The lowest BCUT2D eigenvalue weighted by Gasteiger charge is -2.13. The van der Waals surface area contributed by atoms with Crippen LogP contribution >= 0.6 is 36.2 Å². The zero-order valence-electron chi connectivity index (χ0n) is 15.0. The lowest BCUT2D eigenvalue weighted by Crippen LogP contribution is -2.17. The Kier molecular flexibility index (Phi) is 9.24. The van der Waals surface area contributed by atoms with Crippen molar-refractivity contribution in [2.24, 2.45) is 5.73 Å². The Hall–Kier alpha value is -1.35. The highest BCUT2D eigenvalue weighted by atomic mass is 35.5. The predicted octanol–water partition coefficient (Wildman–Crippen LogP) is 4.94. The van der Waals surface area contributed by atoms with Crippen LogP contribution in [0, 0.1) is 0 Å². The number of thiazole rings is 1. The number of anilines is 1. The molecule has 2 rings (SSSR count). The molecule has 4 nitrogen and oxygen atoms in total. The average Bonchev–Trinajstić information content (AvgIpc) is 2.94. The Balaban J connectivity index is 0.00000338. The maximum atomic E-state index is 12.9. The van der Waals surface area contributed by atoms with Crippen molar-refractivity contribution in [1.82, 2.24) is 4.98 Å². The fourth-order valence-corrected chi connectivity index (χ4v) is 3.06. The van der Waals surface area contributed by atoms with Crippen molar-refractivity contribution in [3.05, 3.63) is 45.4 Å². The largest absolute Gasteiger partial charge is 0.416 e. The van der Waals surface area contributed by atoms with Crippen molar-refractivity contribution in [2.45, 2.75) is 45.3 Å². The molecular formula is C17H22Cl2F3N3OS. The van der Waals surface area contributed by atoms with Gasteiger partial charge in [-0.3, -0.25) is 4.79 Å². The Bertz CT molecular complexity index is 774. The van der Waals surface area contributed by atoms with Gasteiger partial charge in [0.2, 0.25) is 5.91 Å². The SMILES string of the molecule is CC(C)(C)c1nc(CC(=O)Nc2cc(CN)cc(C(F)(F)F)c2)cs1.Cl.Cl. The van der Waals surface area contributed by atoms with Crippen LogP contribution in [0.15, 0.2) is 23.6 Å². The van der Waals surface area contributed by atoms with E-state index in [0.717, 1.165) is 17.1 Å². The number of nitrogens with one attached hydrogen (secondary N) is 1. The number of hydrogen-bond acceptors (Lipinski definition) is 4. The van der Waals surface area contributed by atoms with E-state index in [1.54, 1.807) is 5.38 Å². The molecule has 1 aromatic heterocycles. The Morgan fingerprint density at radius 3 is 2.30 bits per heavy atom. The van der Waals surface area contributed by atoms with Crippen LogP contribution in [0.25, 0.3) is 0 Å². The number of amides is 1. The van der Waals surface area contributed by atoms with Crippen LogP contribution in [0.4, 0.5) is 18.9 Å². The highest BCUT2D eigenvalue weighted by Crippen LogP contribution is 2.32. The number of carbonyl (C=O) groups excluding carboxylic acids is 1. The van der Waals surface area contributed by atoms with Gasteiger partial charge in [-0.15, -0.1) is 36.2 Å². The molecule has 3 N–H and O–H groups in total. The summed E-state index contributed by atoms with van der Waals surface area (Å²) in [6, 6.07) is 3.32. The fraction of sp³-hybridized carbons (Fsp3) is 0.412. The summed E-state index contributed by atoms with van der Waals surface area (Å²) in [5.74, 6) is -0.423. The van der Waals surface area contributed by atoms with Crippen molar-refractivity contribution in [1.29, 1.82) is 0 Å². The number of hydrogen-bond donors (Lipinski definition) is 2. The van der Waals surface area contributed by atoms with Gasteiger partial charge < -0.3 is 11.1 Å². The summed E-state index contributed by atoms with van der Waals surface area (Å²) in [6.07, 6.45) is -4.50. The lowest BCUT2D eigenvalue weighted by atomic mass is 9.98. The second-order valence-corrected chi connectivity index (χ2v) is 7.60. The number of alkyl halides is 3. The van der Waals surface area contributed by atoms with Gasteiger partial charge in [-0.25, -0.2) is 4.98 Å². The van der Waals surface area contributed by atoms with E-state index in [4.69, 9.17) is 5.73 Å². The molecular weight excluding hydrogens is 422 g/mol. The number of benzene rings is 1. The summed E-state index contributed by atoms with van der Waals surface area (Å²) in [4.78, 5) is 16.6. The third kappa shape index (κ3) is 7.29. The molecule has 0 unspecified atom stereocenters. The van der Waals surface area contributed by atoms with Gasteiger partial charge >= 0.3 is 6.18 Å². The van der Waals surface area contributed by atoms with Gasteiger partial charge in [0, 0.05) is 23.0 Å². The van der Waals surface area contributed by atoms with Gasteiger partial charge in [0.05, 0.1) is 22.7 Å². The first-order valence-electron chi connectivity index (χ1n) is 7.65. The zero-order chi connectivity index (χ0) is 18.8. The Labute approximate surface area is 172 Å². The summed E-state index contributed by atoms with van der Waals surface area (Å²) < 4.78 is 38.8. The number of nitrogens with zero attached hydrogens (tertiary/aromatic N) is 1. The maximum absolute atomic E-state index is 12.9. The van der Waals surface area contributed by atoms with E-state index in [9.17, 15) is 18.0 Å². The van der Waals surface area contributed by atoms with E-state index >= 15 is 0 Å². The van der Waals surface area contributed by atoms with Gasteiger partial charge in [0.25, 0.3) is 0 Å². The third-order valence-corrected chi connectivity index (χ3v) is 4.69. The van der Waals surface area contributed by atoms with Crippen molar-refractivity contribution >= 4 is 47.7 Å². The van der Waals surface area contributed by atoms with E-state index in [0.29, 0.717) is 11.3 Å². The molecule has 2 aromatic rings. The molecule has 0 radical (unpaired) electrons.